The third kappa shape index (κ3) is 8.05. The summed E-state index contributed by atoms with van der Waals surface area (Å²) in [5.41, 5.74) is 5.84. The third-order valence-corrected chi connectivity index (χ3v) is 6.27. The fourth-order valence-electron chi connectivity index (χ4n) is 3.84. The van der Waals surface area contributed by atoms with Crippen LogP contribution in [0.2, 0.25) is 10.0 Å². The number of phenols is 1. The van der Waals surface area contributed by atoms with E-state index in [0.29, 0.717) is 18.2 Å². The number of piperidine rings is 1. The van der Waals surface area contributed by atoms with Crippen molar-refractivity contribution in [3.05, 3.63) is 57.6 Å². The predicted molar refractivity (Wildman–Crippen MR) is 130 cm³/mol. The van der Waals surface area contributed by atoms with Crippen LogP contribution in [0.3, 0.4) is 0 Å². The molecule has 0 saturated carbocycles. The fourth-order valence-corrected chi connectivity index (χ4v) is 4.15. The minimum Gasteiger partial charge on any atom is -0.506 e. The molecule has 0 bridgehead atoms. The number of hydrogen-bond donors (Lipinski definition) is 4. The molecule has 1 fully saturated rings. The molecule has 7 nitrogen and oxygen atoms in total. The molecular weight excluding hydrogens is 465 g/mol. The largest absolute Gasteiger partial charge is 0.506 e. The van der Waals surface area contributed by atoms with Crippen LogP contribution in [0.15, 0.2) is 36.4 Å². The molecule has 3 rings (SSSR count). The first-order valence-corrected chi connectivity index (χ1v) is 11.7. The molecule has 1 heterocycles. The molecule has 1 saturated heterocycles. The number of carbonyl (C=O) groups is 1. The fraction of sp³-hybridized carbons (Fsp3) is 0.458. The molecule has 1 unspecified atom stereocenters. The number of likely N-dealkylation sites (tertiary alicyclic amines) is 1. The van der Waals surface area contributed by atoms with Crippen molar-refractivity contribution >= 4 is 29.1 Å². The maximum absolute atomic E-state index is 11.3. The number of phenolic OH excluding ortho intramolecular Hbond substituents is 1. The number of ether oxygens (including phenoxy) is 1. The standard InChI is InChI=1S/C24H31Cl2N3O4/c1-24(32,15-33-22-12-21(30)20(26)10-17(22)11-23(27)31)14-28-19-6-8-29(9-7-19)13-16-2-4-18(25)5-3-16/h2-5,10,12,19,28,30,32H,6-9,11,13-15H2,1H3,(H2,27,31). The summed E-state index contributed by atoms with van der Waals surface area (Å²) in [5.74, 6) is -0.438. The van der Waals surface area contributed by atoms with Gasteiger partial charge in [-0.2, -0.15) is 0 Å². The monoisotopic (exact) mass is 495 g/mol. The second-order valence-corrected chi connectivity index (χ2v) is 9.74. The van der Waals surface area contributed by atoms with Crippen LogP contribution in [-0.4, -0.2) is 58.9 Å². The van der Waals surface area contributed by atoms with Crippen molar-refractivity contribution in [2.24, 2.45) is 5.73 Å². The molecule has 9 heteroatoms. The smallest absolute Gasteiger partial charge is 0.221 e. The van der Waals surface area contributed by atoms with Gasteiger partial charge in [-0.25, -0.2) is 0 Å². The summed E-state index contributed by atoms with van der Waals surface area (Å²) < 4.78 is 5.74. The molecule has 2 aromatic carbocycles. The van der Waals surface area contributed by atoms with E-state index >= 15 is 0 Å². The molecule has 1 atom stereocenters. The minimum atomic E-state index is -1.15. The lowest BCUT2D eigenvalue weighted by molar-refractivity contribution is -0.117. The maximum Gasteiger partial charge on any atom is 0.221 e. The number of nitrogens with one attached hydrogen (secondary N) is 1. The number of carbonyl (C=O) groups excluding carboxylic acids is 1. The topological polar surface area (TPSA) is 108 Å². The SMILES string of the molecule is CC(O)(CNC1CCN(Cc2ccc(Cl)cc2)CC1)COc1cc(O)c(Cl)cc1CC(N)=O. The van der Waals surface area contributed by atoms with Gasteiger partial charge in [0.1, 0.15) is 23.7 Å². The van der Waals surface area contributed by atoms with Crippen molar-refractivity contribution in [3.63, 3.8) is 0 Å². The van der Waals surface area contributed by atoms with E-state index in [1.165, 1.54) is 17.7 Å². The lowest BCUT2D eigenvalue weighted by Gasteiger charge is -2.34. The number of rotatable bonds is 10. The number of primary amides is 1. The van der Waals surface area contributed by atoms with Crippen LogP contribution in [0.5, 0.6) is 11.5 Å². The minimum absolute atomic E-state index is 0.0255. The van der Waals surface area contributed by atoms with Crippen LogP contribution in [0.1, 0.15) is 30.9 Å². The van der Waals surface area contributed by atoms with Gasteiger partial charge >= 0.3 is 0 Å². The van der Waals surface area contributed by atoms with E-state index in [4.69, 9.17) is 33.7 Å². The number of amides is 1. The normalized spacial score (nSPS) is 17.0. The summed E-state index contributed by atoms with van der Waals surface area (Å²) in [7, 11) is 0. The van der Waals surface area contributed by atoms with Gasteiger partial charge in [-0.05, 0) is 56.6 Å². The van der Waals surface area contributed by atoms with Crippen molar-refractivity contribution < 1.29 is 19.7 Å². The zero-order chi connectivity index (χ0) is 24.0. The number of halogens is 2. The summed E-state index contributed by atoms with van der Waals surface area (Å²) in [5, 5.41) is 24.9. The van der Waals surface area contributed by atoms with Gasteiger partial charge in [-0.3, -0.25) is 9.69 Å². The number of aliphatic hydroxyl groups is 1. The van der Waals surface area contributed by atoms with E-state index in [1.807, 2.05) is 12.1 Å². The summed E-state index contributed by atoms with van der Waals surface area (Å²) >= 11 is 11.9. The van der Waals surface area contributed by atoms with Crippen LogP contribution in [0, 0.1) is 0 Å². The van der Waals surface area contributed by atoms with E-state index in [9.17, 15) is 15.0 Å². The molecule has 0 aromatic heterocycles. The molecule has 5 N–H and O–H groups in total. The van der Waals surface area contributed by atoms with Gasteiger partial charge in [-0.15, -0.1) is 0 Å². The highest BCUT2D eigenvalue weighted by Crippen LogP contribution is 2.32. The van der Waals surface area contributed by atoms with Crippen molar-refractivity contribution in [1.82, 2.24) is 10.2 Å². The molecular formula is C24H31Cl2N3O4. The van der Waals surface area contributed by atoms with E-state index in [-0.39, 0.29) is 29.5 Å². The first kappa shape index (κ1) is 25.6. The van der Waals surface area contributed by atoms with Crippen molar-refractivity contribution in [2.45, 2.75) is 44.4 Å². The summed E-state index contributed by atoms with van der Waals surface area (Å²) in [6.07, 6.45) is 1.89. The zero-order valence-corrected chi connectivity index (χ0v) is 20.2. The molecule has 180 valence electrons. The highest BCUT2D eigenvalue weighted by molar-refractivity contribution is 6.32. The Balaban J connectivity index is 1.45. The molecule has 2 aromatic rings. The molecule has 0 spiro atoms. The van der Waals surface area contributed by atoms with E-state index < -0.39 is 11.5 Å². The van der Waals surface area contributed by atoms with Crippen molar-refractivity contribution in [2.75, 3.05) is 26.2 Å². The lowest BCUT2D eigenvalue weighted by Crippen LogP contribution is -2.49. The average molecular weight is 496 g/mol. The summed E-state index contributed by atoms with van der Waals surface area (Å²) in [6.45, 7) is 4.84. The number of nitrogens with two attached hydrogens (primary N) is 1. The Morgan fingerprint density at radius 3 is 2.55 bits per heavy atom. The van der Waals surface area contributed by atoms with E-state index in [1.54, 1.807) is 6.92 Å². The van der Waals surface area contributed by atoms with Crippen LogP contribution in [0.4, 0.5) is 0 Å². The second-order valence-electron chi connectivity index (χ2n) is 8.90. The lowest BCUT2D eigenvalue weighted by atomic mass is 10.0. The van der Waals surface area contributed by atoms with Gasteiger partial charge < -0.3 is 26.0 Å². The Labute approximate surface area is 204 Å². The average Bonchev–Trinajstić information content (AvgIpc) is 2.76. The second kappa shape index (κ2) is 11.4. The number of aromatic hydroxyl groups is 1. The quantitative estimate of drug-likeness (QED) is 0.403. The van der Waals surface area contributed by atoms with Gasteiger partial charge in [0.15, 0.2) is 0 Å². The van der Waals surface area contributed by atoms with Gasteiger partial charge in [0.05, 0.1) is 11.4 Å². The summed E-state index contributed by atoms with van der Waals surface area (Å²) in [4.78, 5) is 13.7. The Bertz CT molecular complexity index is 945. The molecule has 0 radical (unpaired) electrons. The highest BCUT2D eigenvalue weighted by Gasteiger charge is 2.26. The van der Waals surface area contributed by atoms with E-state index in [0.717, 1.165) is 37.5 Å². The third-order valence-electron chi connectivity index (χ3n) is 5.71. The Kier molecular flexibility index (Phi) is 8.84. The van der Waals surface area contributed by atoms with Gasteiger partial charge in [0, 0.05) is 35.8 Å². The Morgan fingerprint density at radius 2 is 1.91 bits per heavy atom. The Hall–Kier alpha value is -2.03. The number of nitrogens with zero attached hydrogens (tertiary/aromatic N) is 1. The number of benzene rings is 2. The summed E-state index contributed by atoms with van der Waals surface area (Å²) in [6, 6.07) is 11.0. The Morgan fingerprint density at radius 1 is 1.24 bits per heavy atom. The van der Waals surface area contributed by atoms with Crippen LogP contribution < -0.4 is 15.8 Å². The molecule has 33 heavy (non-hydrogen) atoms. The van der Waals surface area contributed by atoms with Crippen molar-refractivity contribution in [1.29, 1.82) is 0 Å². The maximum atomic E-state index is 11.3. The van der Waals surface area contributed by atoms with E-state index in [2.05, 4.69) is 22.3 Å². The number of hydrogen-bond acceptors (Lipinski definition) is 6. The van der Waals surface area contributed by atoms with Crippen LogP contribution in [0.25, 0.3) is 0 Å². The predicted octanol–water partition coefficient (Wildman–Crippen LogP) is 3.11. The highest BCUT2D eigenvalue weighted by atomic mass is 35.5. The molecule has 1 aliphatic rings. The van der Waals surface area contributed by atoms with Crippen LogP contribution in [-0.2, 0) is 17.8 Å². The molecule has 1 aliphatic heterocycles. The molecule has 1 amide bonds. The van der Waals surface area contributed by atoms with Crippen molar-refractivity contribution in [3.8, 4) is 11.5 Å². The first-order valence-electron chi connectivity index (χ1n) is 11.0. The van der Waals surface area contributed by atoms with Gasteiger partial charge in [-0.1, -0.05) is 35.3 Å². The van der Waals surface area contributed by atoms with Crippen LogP contribution >= 0.6 is 23.2 Å². The first-order chi connectivity index (χ1) is 15.6. The zero-order valence-electron chi connectivity index (χ0n) is 18.7. The molecule has 0 aliphatic carbocycles. The van der Waals surface area contributed by atoms with Gasteiger partial charge in [0.25, 0.3) is 0 Å². The van der Waals surface area contributed by atoms with Gasteiger partial charge in [0.2, 0.25) is 5.91 Å².